The van der Waals surface area contributed by atoms with Crippen molar-refractivity contribution in [3.8, 4) is 17.2 Å². The second kappa shape index (κ2) is 9.67. The maximum Gasteiger partial charge on any atom is 0.252 e. The topological polar surface area (TPSA) is 74.6 Å². The highest BCUT2D eigenvalue weighted by molar-refractivity contribution is 9.10. The maximum absolute atomic E-state index is 13.2. The molecule has 1 amide bonds. The number of methoxy groups -OCH3 is 2. The molecule has 0 aliphatic carbocycles. The molecule has 0 aliphatic heterocycles. The number of carbonyl (C=O) groups is 1. The zero-order chi connectivity index (χ0) is 21.7. The van der Waals surface area contributed by atoms with Crippen molar-refractivity contribution in [1.82, 2.24) is 14.9 Å². The third-order valence-corrected chi connectivity index (χ3v) is 5.21. The molecule has 0 aliphatic rings. The zero-order valence-electron chi connectivity index (χ0n) is 17.3. The number of amides is 1. The highest BCUT2D eigenvalue weighted by Gasteiger charge is 2.23. The predicted molar refractivity (Wildman–Crippen MR) is 117 cm³/mol. The van der Waals surface area contributed by atoms with E-state index in [0.717, 1.165) is 11.3 Å². The van der Waals surface area contributed by atoms with Crippen LogP contribution in [0.25, 0.3) is 0 Å². The van der Waals surface area contributed by atoms with E-state index < -0.39 is 6.04 Å². The van der Waals surface area contributed by atoms with Crippen molar-refractivity contribution in [3.63, 3.8) is 0 Å². The molecule has 0 saturated heterocycles. The summed E-state index contributed by atoms with van der Waals surface area (Å²) in [4.78, 5) is 17.6. The van der Waals surface area contributed by atoms with E-state index in [2.05, 4.69) is 26.2 Å². The Bertz CT molecular complexity index is 1020. The number of rotatable bonds is 8. The molecule has 3 aromatic rings. The molecule has 0 bridgehead atoms. The number of benzene rings is 2. The molecule has 1 N–H and O–H groups in total. The van der Waals surface area contributed by atoms with Gasteiger partial charge >= 0.3 is 0 Å². The lowest BCUT2D eigenvalue weighted by molar-refractivity contribution is 0.0940. The predicted octanol–water partition coefficient (Wildman–Crippen LogP) is 4.12. The molecule has 0 fully saturated rings. The second-order valence-corrected chi connectivity index (χ2v) is 7.35. The monoisotopic (exact) mass is 473 g/mol. The van der Waals surface area contributed by atoms with Gasteiger partial charge in [-0.25, -0.2) is 4.98 Å². The lowest BCUT2D eigenvalue weighted by Gasteiger charge is -2.20. The van der Waals surface area contributed by atoms with E-state index in [0.29, 0.717) is 34.0 Å². The Morgan fingerprint density at radius 3 is 2.50 bits per heavy atom. The van der Waals surface area contributed by atoms with Crippen molar-refractivity contribution in [1.29, 1.82) is 0 Å². The van der Waals surface area contributed by atoms with E-state index in [1.165, 1.54) is 0 Å². The standard InChI is InChI=1S/C22H24BrN3O4/c1-5-30-20-17(23)12-15(13-18(20)29-4)22(27)25-19(21-24-10-11-26(21)2)14-6-8-16(28-3)9-7-14/h6-13,19H,5H2,1-4H3,(H,25,27). The molecule has 1 unspecified atom stereocenters. The highest BCUT2D eigenvalue weighted by Crippen LogP contribution is 2.37. The minimum Gasteiger partial charge on any atom is -0.497 e. The SMILES string of the molecule is CCOc1c(Br)cc(C(=O)NC(c2ccc(OC)cc2)c2nccn2C)cc1OC. The molecule has 0 radical (unpaired) electrons. The average molecular weight is 474 g/mol. The molecule has 0 spiro atoms. The van der Waals surface area contributed by atoms with Gasteiger partial charge in [-0.2, -0.15) is 0 Å². The average Bonchev–Trinajstić information content (AvgIpc) is 3.18. The number of hydrogen-bond donors (Lipinski definition) is 1. The van der Waals surface area contributed by atoms with Crippen LogP contribution in [0.5, 0.6) is 17.2 Å². The van der Waals surface area contributed by atoms with Gasteiger partial charge in [-0.15, -0.1) is 0 Å². The van der Waals surface area contributed by atoms with Gasteiger partial charge in [0.05, 0.1) is 25.3 Å². The van der Waals surface area contributed by atoms with Gasteiger partial charge in [-0.05, 0) is 52.7 Å². The third kappa shape index (κ3) is 4.59. The summed E-state index contributed by atoms with van der Waals surface area (Å²) in [6, 6.07) is 10.5. The van der Waals surface area contributed by atoms with Crippen LogP contribution < -0.4 is 19.5 Å². The molecular weight excluding hydrogens is 450 g/mol. The fourth-order valence-corrected chi connectivity index (χ4v) is 3.65. The first-order valence-corrected chi connectivity index (χ1v) is 10.2. The van der Waals surface area contributed by atoms with Crippen molar-refractivity contribution in [2.24, 2.45) is 7.05 Å². The fraction of sp³-hybridized carbons (Fsp3) is 0.273. The Labute approximate surface area is 184 Å². The first-order chi connectivity index (χ1) is 14.5. The highest BCUT2D eigenvalue weighted by atomic mass is 79.9. The number of carbonyl (C=O) groups excluding carboxylic acids is 1. The van der Waals surface area contributed by atoms with E-state index in [9.17, 15) is 4.79 Å². The number of imidazole rings is 1. The third-order valence-electron chi connectivity index (χ3n) is 4.62. The Hall–Kier alpha value is -3.00. The Morgan fingerprint density at radius 2 is 1.93 bits per heavy atom. The van der Waals surface area contributed by atoms with Gasteiger partial charge in [0, 0.05) is 25.0 Å². The van der Waals surface area contributed by atoms with Crippen LogP contribution in [-0.2, 0) is 7.05 Å². The normalized spacial score (nSPS) is 11.6. The van der Waals surface area contributed by atoms with Crippen molar-refractivity contribution in [2.75, 3.05) is 20.8 Å². The number of nitrogens with zero attached hydrogens (tertiary/aromatic N) is 2. The van der Waals surface area contributed by atoms with Crippen LogP contribution in [0, 0.1) is 0 Å². The quantitative estimate of drug-likeness (QED) is 0.532. The molecule has 1 heterocycles. The number of halogens is 1. The van der Waals surface area contributed by atoms with Gasteiger partial charge in [0.1, 0.15) is 17.6 Å². The van der Waals surface area contributed by atoms with Gasteiger partial charge in [0.2, 0.25) is 0 Å². The van der Waals surface area contributed by atoms with Gasteiger partial charge < -0.3 is 24.1 Å². The summed E-state index contributed by atoms with van der Waals surface area (Å²) in [6.07, 6.45) is 3.54. The van der Waals surface area contributed by atoms with Crippen molar-refractivity contribution in [3.05, 3.63) is 70.2 Å². The minimum absolute atomic E-state index is 0.263. The molecule has 1 aromatic heterocycles. The summed E-state index contributed by atoms with van der Waals surface area (Å²) in [5.74, 6) is 2.23. The van der Waals surface area contributed by atoms with E-state index in [1.54, 1.807) is 32.5 Å². The zero-order valence-corrected chi connectivity index (χ0v) is 18.9. The largest absolute Gasteiger partial charge is 0.497 e. The van der Waals surface area contributed by atoms with Crippen LogP contribution in [0.15, 0.2) is 53.3 Å². The number of ether oxygens (including phenoxy) is 3. The van der Waals surface area contributed by atoms with Crippen LogP contribution >= 0.6 is 15.9 Å². The van der Waals surface area contributed by atoms with Crippen molar-refractivity contribution < 1.29 is 19.0 Å². The van der Waals surface area contributed by atoms with Gasteiger partial charge in [0.25, 0.3) is 5.91 Å². The number of hydrogen-bond acceptors (Lipinski definition) is 5. The molecule has 0 saturated carbocycles. The maximum atomic E-state index is 13.2. The smallest absolute Gasteiger partial charge is 0.252 e. The van der Waals surface area contributed by atoms with E-state index in [1.807, 2.05) is 49.0 Å². The van der Waals surface area contributed by atoms with Crippen molar-refractivity contribution >= 4 is 21.8 Å². The fourth-order valence-electron chi connectivity index (χ4n) is 3.10. The van der Waals surface area contributed by atoms with Crippen LogP contribution in [0.3, 0.4) is 0 Å². The lowest BCUT2D eigenvalue weighted by atomic mass is 10.0. The molecule has 1 atom stereocenters. The summed E-state index contributed by atoms with van der Waals surface area (Å²) in [7, 11) is 5.05. The molecule has 8 heteroatoms. The number of aryl methyl sites for hydroxylation is 1. The van der Waals surface area contributed by atoms with E-state index >= 15 is 0 Å². The summed E-state index contributed by atoms with van der Waals surface area (Å²) in [5, 5.41) is 3.08. The summed E-state index contributed by atoms with van der Waals surface area (Å²) in [6.45, 7) is 2.37. The first kappa shape index (κ1) is 21.7. The number of aromatic nitrogens is 2. The Kier molecular flexibility index (Phi) is 6.99. The molecule has 30 heavy (non-hydrogen) atoms. The summed E-state index contributed by atoms with van der Waals surface area (Å²) < 4.78 is 18.8. The molecule has 158 valence electrons. The van der Waals surface area contributed by atoms with Crippen molar-refractivity contribution in [2.45, 2.75) is 13.0 Å². The Morgan fingerprint density at radius 1 is 1.20 bits per heavy atom. The second-order valence-electron chi connectivity index (χ2n) is 6.50. The van der Waals surface area contributed by atoms with Gasteiger partial charge in [0.15, 0.2) is 11.5 Å². The molecule has 3 rings (SSSR count). The minimum atomic E-state index is -0.445. The molecule has 2 aromatic carbocycles. The van der Waals surface area contributed by atoms with Gasteiger partial charge in [-0.1, -0.05) is 12.1 Å². The molecular formula is C22H24BrN3O4. The number of nitrogens with one attached hydrogen (secondary N) is 1. The van der Waals surface area contributed by atoms with Crippen LogP contribution in [0.4, 0.5) is 0 Å². The van der Waals surface area contributed by atoms with E-state index in [-0.39, 0.29) is 5.91 Å². The summed E-state index contributed by atoms with van der Waals surface area (Å²) in [5.41, 5.74) is 1.32. The first-order valence-electron chi connectivity index (χ1n) is 9.40. The van der Waals surface area contributed by atoms with Gasteiger partial charge in [-0.3, -0.25) is 4.79 Å². The molecule has 7 nitrogen and oxygen atoms in total. The van der Waals surface area contributed by atoms with E-state index in [4.69, 9.17) is 14.2 Å². The summed E-state index contributed by atoms with van der Waals surface area (Å²) >= 11 is 3.47. The van der Waals surface area contributed by atoms with Crippen LogP contribution in [0.2, 0.25) is 0 Å². The van der Waals surface area contributed by atoms with Crippen LogP contribution in [0.1, 0.15) is 34.7 Å². The lowest BCUT2D eigenvalue weighted by Crippen LogP contribution is -2.31. The van der Waals surface area contributed by atoms with Crippen LogP contribution in [-0.4, -0.2) is 36.3 Å². The Balaban J connectivity index is 1.95.